The van der Waals surface area contributed by atoms with E-state index in [1.807, 2.05) is 20.8 Å². The second-order valence-corrected chi connectivity index (χ2v) is 5.68. The van der Waals surface area contributed by atoms with Crippen molar-refractivity contribution in [3.05, 3.63) is 50.4 Å². The topological polar surface area (TPSA) is 58.8 Å². The van der Waals surface area contributed by atoms with Crippen LogP contribution in [0, 0.1) is 20.8 Å². The van der Waals surface area contributed by atoms with Gasteiger partial charge in [0.15, 0.2) is 0 Å². The van der Waals surface area contributed by atoms with E-state index in [0.29, 0.717) is 5.92 Å². The molecule has 2 aromatic heterocycles. The Morgan fingerprint density at radius 2 is 1.90 bits per heavy atom. The molecule has 2 aromatic rings. The van der Waals surface area contributed by atoms with Gasteiger partial charge in [0, 0.05) is 6.20 Å². The lowest BCUT2D eigenvalue weighted by molar-refractivity contribution is 0.0694. The fourth-order valence-electron chi connectivity index (χ4n) is 2.80. The predicted octanol–water partition coefficient (Wildman–Crippen LogP) is 2.80. The molecule has 2 heterocycles. The summed E-state index contributed by atoms with van der Waals surface area (Å²) < 4.78 is 1.52. The van der Waals surface area contributed by atoms with Crippen molar-refractivity contribution in [3.63, 3.8) is 0 Å². The second kappa shape index (κ2) is 4.20. The monoisotopic (exact) mass is 271 g/mol. The smallest absolute Gasteiger partial charge is 0.341 e. The Balaban J connectivity index is 2.52. The second-order valence-electron chi connectivity index (χ2n) is 5.68. The molecule has 0 aromatic carbocycles. The average Bonchev–Trinajstić information content (AvgIpc) is 3.21. The molecule has 0 saturated heterocycles. The lowest BCUT2D eigenvalue weighted by atomic mass is 9.99. The lowest BCUT2D eigenvalue weighted by Crippen LogP contribution is -2.24. The van der Waals surface area contributed by atoms with Crippen LogP contribution in [0.1, 0.15) is 51.4 Å². The molecule has 0 unspecified atom stereocenters. The average molecular weight is 271 g/mol. The number of carboxylic acid groups (broad SMARTS) is 1. The van der Waals surface area contributed by atoms with Crippen LogP contribution in [-0.2, 0) is 0 Å². The molecule has 0 bridgehead atoms. The van der Waals surface area contributed by atoms with Crippen molar-refractivity contribution < 1.29 is 9.90 Å². The maximum absolute atomic E-state index is 12.4. The summed E-state index contributed by atoms with van der Waals surface area (Å²) in [5.41, 5.74) is 4.56. The molecular formula is C16H17NO3. The molecule has 1 aliphatic carbocycles. The Bertz CT molecular complexity index is 798. The molecule has 1 saturated carbocycles. The summed E-state index contributed by atoms with van der Waals surface area (Å²) in [5.74, 6) is -0.758. The molecule has 1 N–H and O–H groups in total. The van der Waals surface area contributed by atoms with Crippen molar-refractivity contribution in [2.45, 2.75) is 39.5 Å². The number of carbonyl (C=O) groups is 1. The van der Waals surface area contributed by atoms with Crippen LogP contribution >= 0.6 is 0 Å². The molecule has 1 fully saturated rings. The molecule has 4 heteroatoms. The Labute approximate surface area is 116 Å². The number of carboxylic acids is 1. The van der Waals surface area contributed by atoms with Gasteiger partial charge in [-0.1, -0.05) is 0 Å². The quantitative estimate of drug-likeness (QED) is 0.913. The summed E-state index contributed by atoms with van der Waals surface area (Å²) in [7, 11) is 0. The van der Waals surface area contributed by atoms with Gasteiger partial charge in [0.1, 0.15) is 5.56 Å². The van der Waals surface area contributed by atoms with Gasteiger partial charge in [-0.2, -0.15) is 0 Å². The molecule has 0 atom stereocenters. The van der Waals surface area contributed by atoms with E-state index in [-0.39, 0.29) is 5.56 Å². The molecule has 0 radical (unpaired) electrons. The maximum Gasteiger partial charge on any atom is 0.341 e. The molecule has 0 aliphatic heterocycles. The van der Waals surface area contributed by atoms with Crippen LogP contribution in [0.5, 0.6) is 0 Å². The molecule has 0 amide bonds. The summed E-state index contributed by atoms with van der Waals surface area (Å²) in [6.45, 7) is 5.98. The predicted molar refractivity (Wildman–Crippen MR) is 76.8 cm³/mol. The largest absolute Gasteiger partial charge is 0.477 e. The highest BCUT2D eigenvalue weighted by molar-refractivity contribution is 5.88. The number of pyridine rings is 2. The third-order valence-corrected chi connectivity index (χ3v) is 4.34. The molecule has 0 spiro atoms. The van der Waals surface area contributed by atoms with E-state index in [4.69, 9.17) is 0 Å². The van der Waals surface area contributed by atoms with Crippen molar-refractivity contribution in [2.24, 2.45) is 0 Å². The van der Waals surface area contributed by atoms with Gasteiger partial charge in [-0.15, -0.1) is 0 Å². The Kier molecular flexibility index (Phi) is 2.71. The first-order valence-electron chi connectivity index (χ1n) is 6.81. The van der Waals surface area contributed by atoms with Crippen molar-refractivity contribution in [1.29, 1.82) is 0 Å². The SMILES string of the molecule is Cc1cn2c(=O)c(C(=O)O)cc(C3CC3)c2c(C)c1C. The van der Waals surface area contributed by atoms with E-state index >= 15 is 0 Å². The first-order chi connectivity index (χ1) is 9.41. The van der Waals surface area contributed by atoms with Crippen LogP contribution in [0.2, 0.25) is 0 Å². The fourth-order valence-corrected chi connectivity index (χ4v) is 2.80. The minimum atomic E-state index is -1.15. The van der Waals surface area contributed by atoms with Crippen LogP contribution in [0.3, 0.4) is 0 Å². The molecule has 4 nitrogen and oxygen atoms in total. The van der Waals surface area contributed by atoms with Gasteiger partial charge in [-0.25, -0.2) is 4.79 Å². The number of nitrogens with zero attached hydrogens (tertiary/aromatic N) is 1. The Morgan fingerprint density at radius 3 is 2.45 bits per heavy atom. The van der Waals surface area contributed by atoms with Gasteiger partial charge in [-0.05, 0) is 67.9 Å². The van der Waals surface area contributed by atoms with Crippen LogP contribution in [0.25, 0.3) is 5.52 Å². The van der Waals surface area contributed by atoms with Gasteiger partial charge in [0.05, 0.1) is 5.52 Å². The zero-order chi connectivity index (χ0) is 14.6. The van der Waals surface area contributed by atoms with E-state index in [9.17, 15) is 14.7 Å². The lowest BCUT2D eigenvalue weighted by Gasteiger charge is -2.15. The number of aromatic carboxylic acids is 1. The first kappa shape index (κ1) is 12.9. The molecule has 104 valence electrons. The van der Waals surface area contributed by atoms with Crippen LogP contribution < -0.4 is 5.56 Å². The highest BCUT2D eigenvalue weighted by atomic mass is 16.4. The summed E-state index contributed by atoms with van der Waals surface area (Å²) >= 11 is 0. The Morgan fingerprint density at radius 1 is 1.25 bits per heavy atom. The number of hydrogen-bond acceptors (Lipinski definition) is 2. The van der Waals surface area contributed by atoms with Crippen LogP contribution in [0.15, 0.2) is 17.1 Å². The van der Waals surface area contributed by atoms with Gasteiger partial charge >= 0.3 is 5.97 Å². The number of rotatable bonds is 2. The molecule has 1 aliphatic rings. The van der Waals surface area contributed by atoms with Crippen molar-refractivity contribution in [3.8, 4) is 0 Å². The number of aryl methyl sites for hydroxylation is 2. The molecule has 20 heavy (non-hydrogen) atoms. The normalized spacial score (nSPS) is 14.8. The molecular weight excluding hydrogens is 254 g/mol. The van der Waals surface area contributed by atoms with Gasteiger partial charge in [0.2, 0.25) is 0 Å². The van der Waals surface area contributed by atoms with Crippen molar-refractivity contribution in [1.82, 2.24) is 4.40 Å². The summed E-state index contributed by atoms with van der Waals surface area (Å²) in [6, 6.07) is 1.58. The zero-order valence-corrected chi connectivity index (χ0v) is 11.9. The maximum atomic E-state index is 12.4. The summed E-state index contributed by atoms with van der Waals surface area (Å²) in [5, 5.41) is 9.23. The van der Waals surface area contributed by atoms with E-state index in [1.54, 1.807) is 12.3 Å². The van der Waals surface area contributed by atoms with Crippen molar-refractivity contribution >= 4 is 11.5 Å². The van der Waals surface area contributed by atoms with E-state index < -0.39 is 11.5 Å². The van der Waals surface area contributed by atoms with Crippen LogP contribution in [0.4, 0.5) is 0 Å². The van der Waals surface area contributed by atoms with E-state index in [1.165, 1.54) is 4.40 Å². The Hall–Kier alpha value is -2.10. The van der Waals surface area contributed by atoms with Gasteiger partial charge < -0.3 is 5.11 Å². The summed E-state index contributed by atoms with van der Waals surface area (Å²) in [4.78, 5) is 23.6. The zero-order valence-electron chi connectivity index (χ0n) is 11.9. The van der Waals surface area contributed by atoms with Gasteiger partial charge in [0.25, 0.3) is 5.56 Å². The van der Waals surface area contributed by atoms with Crippen molar-refractivity contribution in [2.75, 3.05) is 0 Å². The third kappa shape index (κ3) is 1.75. The minimum absolute atomic E-state index is 0.132. The minimum Gasteiger partial charge on any atom is -0.477 e. The van der Waals surface area contributed by atoms with Gasteiger partial charge in [-0.3, -0.25) is 9.20 Å². The standard InChI is InChI=1S/C16H17NO3/c1-8-7-17-14(10(3)9(8)2)12(11-4-5-11)6-13(15(17)18)16(19)20/h6-7,11H,4-5H2,1-3H3,(H,19,20). The fraction of sp³-hybridized carbons (Fsp3) is 0.375. The van der Waals surface area contributed by atoms with E-state index in [0.717, 1.165) is 40.6 Å². The molecule has 3 rings (SSSR count). The third-order valence-electron chi connectivity index (χ3n) is 4.34. The summed E-state index contributed by atoms with van der Waals surface area (Å²) in [6.07, 6.45) is 3.90. The number of hydrogen-bond donors (Lipinski definition) is 1. The first-order valence-corrected chi connectivity index (χ1v) is 6.81. The highest BCUT2D eigenvalue weighted by Gasteiger charge is 2.29. The van der Waals surface area contributed by atoms with E-state index in [2.05, 4.69) is 0 Å². The number of fused-ring (bicyclic) bond motifs is 1. The number of aromatic nitrogens is 1. The van der Waals surface area contributed by atoms with Crippen LogP contribution in [-0.4, -0.2) is 15.5 Å². The highest BCUT2D eigenvalue weighted by Crippen LogP contribution is 2.42.